The SMILES string of the molecule is O=C(N1CCC(Cc2ccc(COc3ccncc3)cc2)CC1)C1(c2ccccc2)CC1. The maximum atomic E-state index is 13.3. The molecular formula is C28H30N2O2. The molecule has 1 saturated carbocycles. The lowest BCUT2D eigenvalue weighted by Crippen LogP contribution is -2.44. The van der Waals surface area contributed by atoms with Gasteiger partial charge >= 0.3 is 0 Å². The van der Waals surface area contributed by atoms with Gasteiger partial charge in [0.1, 0.15) is 12.4 Å². The summed E-state index contributed by atoms with van der Waals surface area (Å²) in [7, 11) is 0. The zero-order valence-electron chi connectivity index (χ0n) is 18.5. The van der Waals surface area contributed by atoms with Crippen molar-refractivity contribution in [3.8, 4) is 5.75 Å². The number of amides is 1. The summed E-state index contributed by atoms with van der Waals surface area (Å²) < 4.78 is 5.80. The summed E-state index contributed by atoms with van der Waals surface area (Å²) >= 11 is 0. The molecule has 2 fully saturated rings. The first-order valence-corrected chi connectivity index (χ1v) is 11.7. The highest BCUT2D eigenvalue weighted by atomic mass is 16.5. The lowest BCUT2D eigenvalue weighted by molar-refractivity contribution is -0.135. The topological polar surface area (TPSA) is 42.4 Å². The van der Waals surface area contributed by atoms with Gasteiger partial charge in [0, 0.05) is 25.5 Å². The Morgan fingerprint density at radius 1 is 0.906 bits per heavy atom. The van der Waals surface area contributed by atoms with E-state index in [2.05, 4.69) is 46.3 Å². The fourth-order valence-electron chi connectivity index (χ4n) is 4.86. The van der Waals surface area contributed by atoms with Crippen LogP contribution in [0.1, 0.15) is 42.4 Å². The molecule has 0 radical (unpaired) electrons. The average Bonchev–Trinajstić information content (AvgIpc) is 3.67. The molecule has 0 atom stereocenters. The van der Waals surface area contributed by atoms with Gasteiger partial charge < -0.3 is 9.64 Å². The number of rotatable bonds is 7. The minimum Gasteiger partial charge on any atom is -0.489 e. The molecule has 1 aromatic heterocycles. The van der Waals surface area contributed by atoms with Gasteiger partial charge in [-0.1, -0.05) is 54.6 Å². The third kappa shape index (κ3) is 4.55. The Bertz CT molecular complexity index is 1020. The summed E-state index contributed by atoms with van der Waals surface area (Å²) in [5, 5.41) is 0. The van der Waals surface area contributed by atoms with E-state index in [-0.39, 0.29) is 5.41 Å². The predicted octanol–water partition coefficient (Wildman–Crippen LogP) is 5.17. The van der Waals surface area contributed by atoms with Gasteiger partial charge in [0.15, 0.2) is 0 Å². The van der Waals surface area contributed by atoms with E-state index in [1.54, 1.807) is 12.4 Å². The van der Waals surface area contributed by atoms with Crippen molar-refractivity contribution in [1.29, 1.82) is 0 Å². The fraction of sp³-hybridized carbons (Fsp3) is 0.357. The van der Waals surface area contributed by atoms with Crippen LogP contribution in [0.2, 0.25) is 0 Å². The smallest absolute Gasteiger partial charge is 0.233 e. The number of benzene rings is 2. The highest BCUT2D eigenvalue weighted by molar-refractivity contribution is 5.91. The molecule has 164 valence electrons. The number of hydrogen-bond acceptors (Lipinski definition) is 3. The molecule has 1 aliphatic carbocycles. The van der Waals surface area contributed by atoms with Crippen LogP contribution in [0.15, 0.2) is 79.1 Å². The molecular weight excluding hydrogens is 396 g/mol. The molecule has 1 amide bonds. The number of ether oxygens (including phenoxy) is 1. The molecule has 0 N–H and O–H groups in total. The molecule has 4 nitrogen and oxygen atoms in total. The normalized spacial score (nSPS) is 17.7. The van der Waals surface area contributed by atoms with Crippen molar-refractivity contribution in [2.75, 3.05) is 13.1 Å². The monoisotopic (exact) mass is 426 g/mol. The van der Waals surface area contributed by atoms with E-state index in [1.807, 2.05) is 30.3 Å². The first-order chi connectivity index (χ1) is 15.7. The van der Waals surface area contributed by atoms with Gasteiger partial charge in [-0.15, -0.1) is 0 Å². The highest BCUT2D eigenvalue weighted by Gasteiger charge is 2.53. The minimum absolute atomic E-state index is 0.234. The Labute approximate surface area is 190 Å². The lowest BCUT2D eigenvalue weighted by atomic mass is 9.88. The molecule has 2 aliphatic rings. The van der Waals surface area contributed by atoms with Crippen LogP contribution < -0.4 is 4.74 Å². The second-order valence-corrected chi connectivity index (χ2v) is 9.18. The maximum absolute atomic E-state index is 13.3. The number of hydrogen-bond donors (Lipinski definition) is 0. The molecule has 4 heteroatoms. The van der Waals surface area contributed by atoms with Crippen LogP contribution >= 0.6 is 0 Å². The van der Waals surface area contributed by atoms with Crippen LogP contribution in [-0.4, -0.2) is 28.9 Å². The number of carbonyl (C=O) groups excluding carboxylic acids is 1. The zero-order chi connectivity index (χ0) is 21.8. The van der Waals surface area contributed by atoms with Gasteiger partial charge in [-0.2, -0.15) is 0 Å². The number of aromatic nitrogens is 1. The van der Waals surface area contributed by atoms with Gasteiger partial charge in [-0.25, -0.2) is 0 Å². The quantitative estimate of drug-likeness (QED) is 0.523. The van der Waals surface area contributed by atoms with Crippen molar-refractivity contribution < 1.29 is 9.53 Å². The molecule has 32 heavy (non-hydrogen) atoms. The van der Waals surface area contributed by atoms with Gasteiger partial charge in [0.2, 0.25) is 5.91 Å². The van der Waals surface area contributed by atoms with Gasteiger partial charge in [0.05, 0.1) is 5.41 Å². The van der Waals surface area contributed by atoms with E-state index in [4.69, 9.17) is 4.74 Å². The van der Waals surface area contributed by atoms with Crippen molar-refractivity contribution in [1.82, 2.24) is 9.88 Å². The van der Waals surface area contributed by atoms with Crippen LogP contribution in [0.3, 0.4) is 0 Å². The number of nitrogens with zero attached hydrogens (tertiary/aromatic N) is 2. The Hall–Kier alpha value is -3.14. The Morgan fingerprint density at radius 2 is 1.56 bits per heavy atom. The minimum atomic E-state index is -0.234. The number of likely N-dealkylation sites (tertiary alicyclic amines) is 1. The Kier molecular flexibility index (Phi) is 5.93. The summed E-state index contributed by atoms with van der Waals surface area (Å²) in [5.41, 5.74) is 3.49. The molecule has 0 bridgehead atoms. The van der Waals surface area contributed by atoms with E-state index in [0.29, 0.717) is 18.4 Å². The van der Waals surface area contributed by atoms with E-state index in [9.17, 15) is 4.79 Å². The zero-order valence-corrected chi connectivity index (χ0v) is 18.5. The van der Waals surface area contributed by atoms with E-state index >= 15 is 0 Å². The molecule has 5 rings (SSSR count). The third-order valence-electron chi connectivity index (χ3n) is 6.99. The first kappa shape index (κ1) is 20.7. The van der Waals surface area contributed by atoms with Crippen LogP contribution in [0.25, 0.3) is 0 Å². The molecule has 0 unspecified atom stereocenters. The van der Waals surface area contributed by atoms with Crippen molar-refractivity contribution in [2.45, 2.75) is 44.1 Å². The van der Waals surface area contributed by atoms with Crippen molar-refractivity contribution >= 4 is 5.91 Å². The van der Waals surface area contributed by atoms with Gasteiger partial charge in [-0.3, -0.25) is 9.78 Å². The van der Waals surface area contributed by atoms with Crippen LogP contribution in [0, 0.1) is 5.92 Å². The average molecular weight is 427 g/mol. The summed E-state index contributed by atoms with van der Waals surface area (Å²) in [4.78, 5) is 19.4. The van der Waals surface area contributed by atoms with E-state index in [1.165, 1.54) is 16.7 Å². The Morgan fingerprint density at radius 3 is 2.22 bits per heavy atom. The predicted molar refractivity (Wildman–Crippen MR) is 125 cm³/mol. The molecule has 1 saturated heterocycles. The Balaban J connectivity index is 1.11. The summed E-state index contributed by atoms with van der Waals surface area (Å²) in [6.07, 6.45) is 8.72. The summed E-state index contributed by atoms with van der Waals surface area (Å²) in [5.74, 6) is 1.83. The molecule has 2 aromatic carbocycles. The van der Waals surface area contributed by atoms with Crippen LogP contribution in [-0.2, 0) is 23.2 Å². The second kappa shape index (κ2) is 9.15. The molecule has 1 aliphatic heterocycles. The number of piperidine rings is 1. The summed E-state index contributed by atoms with van der Waals surface area (Å²) in [6.45, 7) is 2.33. The van der Waals surface area contributed by atoms with E-state index < -0.39 is 0 Å². The standard InChI is InChI=1S/C28H30N2O2/c31-27(28(14-15-28)25-4-2-1-3-5-25)30-18-12-23(13-19-30)20-22-6-8-24(9-7-22)21-32-26-10-16-29-17-11-26/h1-11,16-17,23H,12-15,18-21H2. The molecule has 3 aromatic rings. The van der Waals surface area contributed by atoms with Gasteiger partial charge in [-0.05, 0) is 66.8 Å². The fourth-order valence-corrected chi connectivity index (χ4v) is 4.86. The van der Waals surface area contributed by atoms with Crippen molar-refractivity contribution in [3.05, 3.63) is 95.8 Å². The maximum Gasteiger partial charge on any atom is 0.233 e. The number of carbonyl (C=O) groups is 1. The highest BCUT2D eigenvalue weighted by Crippen LogP contribution is 2.50. The second-order valence-electron chi connectivity index (χ2n) is 9.18. The van der Waals surface area contributed by atoms with Crippen LogP contribution in [0.5, 0.6) is 5.75 Å². The third-order valence-corrected chi connectivity index (χ3v) is 6.99. The number of pyridine rings is 1. The van der Waals surface area contributed by atoms with E-state index in [0.717, 1.165) is 50.9 Å². The van der Waals surface area contributed by atoms with Crippen molar-refractivity contribution in [2.24, 2.45) is 5.92 Å². The molecule has 0 spiro atoms. The first-order valence-electron chi connectivity index (χ1n) is 11.7. The summed E-state index contributed by atoms with van der Waals surface area (Å²) in [6, 6.07) is 22.8. The van der Waals surface area contributed by atoms with Crippen LogP contribution in [0.4, 0.5) is 0 Å². The van der Waals surface area contributed by atoms with Crippen molar-refractivity contribution in [3.63, 3.8) is 0 Å². The molecule has 2 heterocycles. The van der Waals surface area contributed by atoms with Gasteiger partial charge in [0.25, 0.3) is 0 Å². The lowest BCUT2D eigenvalue weighted by Gasteiger charge is -2.34. The largest absolute Gasteiger partial charge is 0.489 e.